The van der Waals surface area contributed by atoms with Crippen LogP contribution in [0.1, 0.15) is 181 Å². The third kappa shape index (κ3) is 46.6. The average molecular weight is 855 g/mol. The zero-order valence-electron chi connectivity index (χ0n) is 39.3. The normalized spacial score (nSPS) is 13.3. The molecule has 0 aromatic carbocycles. The van der Waals surface area contributed by atoms with Crippen molar-refractivity contribution >= 4 is 17.9 Å². The lowest BCUT2D eigenvalue weighted by Gasteiger charge is -2.18. The van der Waals surface area contributed by atoms with Crippen LogP contribution >= 0.6 is 0 Å². The molecule has 0 heterocycles. The van der Waals surface area contributed by atoms with Gasteiger partial charge in [0.1, 0.15) is 13.2 Å². The molecule has 0 aromatic heterocycles. The van der Waals surface area contributed by atoms with Crippen molar-refractivity contribution in [1.29, 1.82) is 0 Å². The van der Waals surface area contributed by atoms with Gasteiger partial charge in [-0.3, -0.25) is 14.4 Å². The number of allylic oxidation sites excluding steroid dienone is 22. The number of ether oxygens (including phenoxy) is 3. The molecule has 0 rings (SSSR count). The maximum Gasteiger partial charge on any atom is 0.306 e. The lowest BCUT2D eigenvalue weighted by Crippen LogP contribution is -2.30. The van der Waals surface area contributed by atoms with Crippen LogP contribution in [-0.4, -0.2) is 37.2 Å². The van der Waals surface area contributed by atoms with Crippen LogP contribution < -0.4 is 0 Å². The van der Waals surface area contributed by atoms with Crippen LogP contribution in [0.4, 0.5) is 0 Å². The number of unbranched alkanes of at least 4 members (excludes halogenated alkanes) is 16. The minimum absolute atomic E-state index is 0.128. The molecule has 0 aliphatic rings. The smallest absolute Gasteiger partial charge is 0.306 e. The number of esters is 3. The first-order chi connectivity index (χ1) is 30.5. The highest BCUT2D eigenvalue weighted by atomic mass is 16.6. The molecule has 0 fully saturated rings. The van der Waals surface area contributed by atoms with Gasteiger partial charge in [-0.1, -0.05) is 219 Å². The van der Waals surface area contributed by atoms with E-state index < -0.39 is 12.1 Å². The van der Waals surface area contributed by atoms with Gasteiger partial charge >= 0.3 is 17.9 Å². The fourth-order valence-electron chi connectivity index (χ4n) is 5.97. The Hall–Kier alpha value is -4.45. The number of carbonyl (C=O) groups is 3. The maximum absolute atomic E-state index is 12.7. The third-order valence-corrected chi connectivity index (χ3v) is 9.60. The van der Waals surface area contributed by atoms with Gasteiger partial charge < -0.3 is 14.2 Å². The highest BCUT2D eigenvalue weighted by molar-refractivity contribution is 5.71. The second-order valence-corrected chi connectivity index (χ2v) is 15.5. The summed E-state index contributed by atoms with van der Waals surface area (Å²) in [5, 5.41) is 0. The molecule has 346 valence electrons. The van der Waals surface area contributed by atoms with E-state index in [2.05, 4.69) is 63.3 Å². The third-order valence-electron chi connectivity index (χ3n) is 9.60. The average Bonchev–Trinajstić information content (AvgIpc) is 3.27. The summed E-state index contributed by atoms with van der Waals surface area (Å²) in [4.78, 5) is 37.9. The van der Waals surface area contributed by atoms with Crippen molar-refractivity contribution in [2.75, 3.05) is 13.2 Å². The van der Waals surface area contributed by atoms with Gasteiger partial charge in [0.2, 0.25) is 0 Å². The molecular weight excluding hydrogens is 769 g/mol. The number of carbonyl (C=O) groups excluding carboxylic acids is 3. The molecule has 0 N–H and O–H groups in total. The SMILES string of the molecule is CC\C=C/C=C\C=C/C=C\C=C/CCCC(=O)OC(COC(=O)CCCCC/C=C\CCCCCCCC)COC(=O)CCCCCCC\C=C/C=C\C=C/C=C\C=C/CCC. The van der Waals surface area contributed by atoms with Crippen molar-refractivity contribution in [2.45, 2.75) is 187 Å². The van der Waals surface area contributed by atoms with Crippen molar-refractivity contribution in [3.63, 3.8) is 0 Å². The van der Waals surface area contributed by atoms with E-state index in [9.17, 15) is 14.4 Å². The van der Waals surface area contributed by atoms with Gasteiger partial charge in [0, 0.05) is 19.3 Å². The molecule has 0 amide bonds. The first kappa shape index (κ1) is 57.5. The van der Waals surface area contributed by atoms with E-state index in [4.69, 9.17) is 14.2 Å². The molecule has 0 bridgehead atoms. The first-order valence-corrected chi connectivity index (χ1v) is 24.3. The Morgan fingerprint density at radius 2 is 0.694 bits per heavy atom. The van der Waals surface area contributed by atoms with Gasteiger partial charge in [-0.25, -0.2) is 0 Å². The summed E-state index contributed by atoms with van der Waals surface area (Å²) < 4.78 is 16.6. The largest absolute Gasteiger partial charge is 0.462 e. The van der Waals surface area contributed by atoms with Crippen LogP contribution in [0.25, 0.3) is 0 Å². The molecule has 6 heteroatoms. The Morgan fingerprint density at radius 3 is 1.16 bits per heavy atom. The molecule has 0 aliphatic heterocycles. The zero-order chi connectivity index (χ0) is 45.1. The molecule has 0 radical (unpaired) electrons. The van der Waals surface area contributed by atoms with E-state index in [1.54, 1.807) is 0 Å². The van der Waals surface area contributed by atoms with Crippen molar-refractivity contribution in [3.8, 4) is 0 Å². The molecular formula is C56H86O6. The summed E-state index contributed by atoms with van der Waals surface area (Å²) in [5.41, 5.74) is 0. The molecule has 1 unspecified atom stereocenters. The van der Waals surface area contributed by atoms with E-state index in [1.165, 1.54) is 44.9 Å². The van der Waals surface area contributed by atoms with Crippen LogP contribution in [0.15, 0.2) is 134 Å². The first-order valence-electron chi connectivity index (χ1n) is 24.3. The van der Waals surface area contributed by atoms with E-state index in [-0.39, 0.29) is 31.6 Å². The molecule has 62 heavy (non-hydrogen) atoms. The molecule has 0 spiro atoms. The van der Waals surface area contributed by atoms with Crippen molar-refractivity contribution in [3.05, 3.63) is 134 Å². The lowest BCUT2D eigenvalue weighted by atomic mass is 10.1. The van der Waals surface area contributed by atoms with Gasteiger partial charge in [0.25, 0.3) is 0 Å². The zero-order valence-corrected chi connectivity index (χ0v) is 39.3. The van der Waals surface area contributed by atoms with Crippen LogP contribution in [0.2, 0.25) is 0 Å². The fraction of sp³-hybridized carbons (Fsp3) is 0.554. The topological polar surface area (TPSA) is 78.9 Å². The van der Waals surface area contributed by atoms with Gasteiger partial charge in [-0.05, 0) is 77.0 Å². The molecule has 0 saturated heterocycles. The summed E-state index contributed by atoms with van der Waals surface area (Å²) >= 11 is 0. The Labute approximate surface area is 379 Å². The van der Waals surface area contributed by atoms with E-state index >= 15 is 0 Å². The summed E-state index contributed by atoms with van der Waals surface area (Å²) in [5.74, 6) is -1.06. The van der Waals surface area contributed by atoms with Gasteiger partial charge in [-0.15, -0.1) is 0 Å². The molecule has 0 saturated carbocycles. The second-order valence-electron chi connectivity index (χ2n) is 15.5. The van der Waals surface area contributed by atoms with E-state index in [1.807, 2.05) is 91.1 Å². The monoisotopic (exact) mass is 855 g/mol. The van der Waals surface area contributed by atoms with Gasteiger partial charge in [-0.2, -0.15) is 0 Å². The Bertz CT molecular complexity index is 1400. The summed E-state index contributed by atoms with van der Waals surface area (Å²) in [6.07, 6.45) is 68.6. The van der Waals surface area contributed by atoms with Crippen LogP contribution in [0.5, 0.6) is 0 Å². The predicted octanol–water partition coefficient (Wildman–Crippen LogP) is 15.9. The maximum atomic E-state index is 12.7. The standard InChI is InChI=1S/C56H86O6/c1-4-7-10-13-16-19-22-25-26-27-28-29-32-34-37-40-43-46-49-55(58)61-52-53(62-56(59)50-47-44-41-38-35-31-24-21-18-15-12-9-6-3)51-60-54(57)48-45-42-39-36-33-30-23-20-17-14-11-8-5-2/h9-10,12-13,15-16,18-19,21-22,24-31,33,35,38,41,53H,4-8,11,14,17,20,23,32,34,36-37,39-40,42-52H2,1-3H3/b12-9-,13-10-,18-15-,19-16-,24-21-,25-22-,27-26-,29-28-,33-30-,35-31-,41-38-. The Balaban J connectivity index is 4.58. The molecule has 6 nitrogen and oxygen atoms in total. The highest BCUT2D eigenvalue weighted by Crippen LogP contribution is 2.12. The van der Waals surface area contributed by atoms with Crippen LogP contribution in [-0.2, 0) is 28.6 Å². The minimum Gasteiger partial charge on any atom is -0.462 e. The highest BCUT2D eigenvalue weighted by Gasteiger charge is 2.19. The van der Waals surface area contributed by atoms with Crippen LogP contribution in [0.3, 0.4) is 0 Å². The fourth-order valence-corrected chi connectivity index (χ4v) is 5.97. The predicted molar refractivity (Wildman–Crippen MR) is 265 cm³/mol. The number of rotatable bonds is 41. The van der Waals surface area contributed by atoms with Crippen molar-refractivity contribution < 1.29 is 28.6 Å². The van der Waals surface area contributed by atoms with E-state index in [0.29, 0.717) is 19.3 Å². The molecule has 0 aromatic rings. The number of hydrogen-bond donors (Lipinski definition) is 0. The molecule has 1 atom stereocenters. The van der Waals surface area contributed by atoms with Crippen molar-refractivity contribution in [2.24, 2.45) is 0 Å². The molecule has 0 aliphatic carbocycles. The summed E-state index contributed by atoms with van der Waals surface area (Å²) in [7, 11) is 0. The number of hydrogen-bond acceptors (Lipinski definition) is 6. The quantitative estimate of drug-likeness (QED) is 0.0200. The summed E-state index contributed by atoms with van der Waals surface area (Å²) in [6.45, 7) is 6.27. The lowest BCUT2D eigenvalue weighted by molar-refractivity contribution is -0.167. The van der Waals surface area contributed by atoms with Crippen molar-refractivity contribution in [1.82, 2.24) is 0 Å². The van der Waals surface area contributed by atoms with Crippen LogP contribution in [0, 0.1) is 0 Å². The van der Waals surface area contributed by atoms with E-state index in [0.717, 1.165) is 89.9 Å². The van der Waals surface area contributed by atoms with Gasteiger partial charge in [0.05, 0.1) is 0 Å². The van der Waals surface area contributed by atoms with Gasteiger partial charge in [0.15, 0.2) is 6.10 Å². The Kier molecular flexibility index (Phi) is 45.7. The Morgan fingerprint density at radius 1 is 0.339 bits per heavy atom. The minimum atomic E-state index is -0.836. The summed E-state index contributed by atoms with van der Waals surface area (Å²) in [6, 6.07) is 0. The second kappa shape index (κ2) is 49.2.